The zero-order chi connectivity index (χ0) is 31.3. The molecule has 0 unspecified atom stereocenters. The fraction of sp³-hybridized carbons (Fsp3) is 0.500. The molecule has 2 rings (SSSR count). The Kier molecular flexibility index (Phi) is 13.7. The van der Waals surface area contributed by atoms with Crippen molar-refractivity contribution in [3.05, 3.63) is 95.1 Å². The summed E-state index contributed by atoms with van der Waals surface area (Å²) >= 11 is 0. The Labute approximate surface area is 252 Å². The maximum absolute atomic E-state index is 12.4. The highest BCUT2D eigenvalue weighted by atomic mass is 16.5. The van der Waals surface area contributed by atoms with Gasteiger partial charge in [-0.15, -0.1) is 0 Å². The van der Waals surface area contributed by atoms with Gasteiger partial charge in [-0.25, -0.2) is 9.59 Å². The summed E-state index contributed by atoms with van der Waals surface area (Å²) in [6.45, 7) is 15.3. The van der Waals surface area contributed by atoms with Crippen LogP contribution in [0, 0.1) is 5.92 Å². The Bertz CT molecular complexity index is 1120. The third-order valence-corrected chi connectivity index (χ3v) is 7.53. The van der Waals surface area contributed by atoms with Gasteiger partial charge >= 0.3 is 11.9 Å². The van der Waals surface area contributed by atoms with Crippen molar-refractivity contribution in [2.75, 3.05) is 13.2 Å². The molecule has 0 radical (unpaired) electrons. The average molecular weight is 579 g/mol. The molecule has 0 fully saturated rings. The van der Waals surface area contributed by atoms with Crippen LogP contribution in [0.3, 0.4) is 0 Å². The van der Waals surface area contributed by atoms with Gasteiger partial charge in [-0.2, -0.15) is 0 Å². The fourth-order valence-electron chi connectivity index (χ4n) is 4.26. The Hall–Kier alpha value is -3.22. The van der Waals surface area contributed by atoms with E-state index in [1.165, 1.54) is 63.6 Å². The molecule has 0 aromatic heterocycles. The number of rotatable bonds is 18. The zero-order valence-electron chi connectivity index (χ0n) is 26.2. The third-order valence-electron chi connectivity index (χ3n) is 7.53. The highest BCUT2D eigenvalue weighted by molar-refractivity contribution is 5.90. The molecule has 230 valence electrons. The van der Waals surface area contributed by atoms with E-state index in [-0.39, 0.29) is 30.3 Å². The second kappa shape index (κ2) is 16.4. The molecule has 42 heavy (non-hydrogen) atoms. The molecule has 2 N–H and O–H groups in total. The monoisotopic (exact) mass is 578 g/mol. The molecule has 0 saturated carbocycles. The van der Waals surface area contributed by atoms with Crippen LogP contribution in [0.1, 0.15) is 82.6 Å². The summed E-state index contributed by atoms with van der Waals surface area (Å²) in [5.41, 5.74) is 2.24. The molecule has 2 aromatic rings. The van der Waals surface area contributed by atoms with Gasteiger partial charge in [0.05, 0.1) is 35.6 Å². The van der Waals surface area contributed by atoms with E-state index in [1.807, 2.05) is 0 Å². The van der Waals surface area contributed by atoms with Gasteiger partial charge in [0.2, 0.25) is 0 Å². The molecule has 0 heterocycles. The van der Waals surface area contributed by atoms with Crippen molar-refractivity contribution in [2.45, 2.75) is 97.2 Å². The van der Waals surface area contributed by atoms with Gasteiger partial charge in [0, 0.05) is 5.92 Å². The van der Waals surface area contributed by atoms with E-state index >= 15 is 0 Å². The van der Waals surface area contributed by atoms with Crippen molar-refractivity contribution in [3.63, 3.8) is 0 Å². The van der Waals surface area contributed by atoms with Crippen LogP contribution in [0.5, 0.6) is 0 Å². The number of carbonyl (C=O) groups is 2. The molecule has 0 aliphatic rings. The van der Waals surface area contributed by atoms with Crippen LogP contribution in [-0.4, -0.2) is 46.6 Å². The molecule has 0 saturated heterocycles. The topological polar surface area (TPSA) is 93.1 Å². The summed E-state index contributed by atoms with van der Waals surface area (Å²) < 4.78 is 10.8. The van der Waals surface area contributed by atoms with Crippen molar-refractivity contribution >= 4 is 11.9 Å². The van der Waals surface area contributed by atoms with Gasteiger partial charge in [-0.1, -0.05) is 81.5 Å². The lowest BCUT2D eigenvalue weighted by Crippen LogP contribution is -2.31. The molecule has 2 aromatic carbocycles. The number of benzene rings is 2. The summed E-state index contributed by atoms with van der Waals surface area (Å²) in [5.74, 6) is -1.70. The van der Waals surface area contributed by atoms with E-state index in [2.05, 4.69) is 68.6 Å². The Morgan fingerprint density at radius 2 is 1.02 bits per heavy atom. The molecule has 0 spiro atoms. The van der Waals surface area contributed by atoms with E-state index in [4.69, 9.17) is 9.47 Å². The average Bonchev–Trinajstić information content (AvgIpc) is 2.94. The number of aryl methyl sites for hydroxylation is 4. The van der Waals surface area contributed by atoms with Crippen LogP contribution in [-0.2, 0) is 44.7 Å². The highest BCUT2D eigenvalue weighted by Crippen LogP contribution is 2.20. The summed E-state index contributed by atoms with van der Waals surface area (Å²) in [7, 11) is 0. The Balaban J connectivity index is 1.93. The Morgan fingerprint density at radius 3 is 1.38 bits per heavy atom. The van der Waals surface area contributed by atoms with E-state index in [0.717, 1.165) is 24.8 Å². The molecule has 0 amide bonds. The molecule has 6 nitrogen and oxygen atoms in total. The van der Waals surface area contributed by atoms with Gasteiger partial charge in [0.1, 0.15) is 0 Å². The summed E-state index contributed by atoms with van der Waals surface area (Å²) in [4.78, 5) is 24.8. The van der Waals surface area contributed by atoms with Crippen LogP contribution in [0.25, 0.3) is 0 Å². The number of aliphatic hydroxyl groups is 2. The van der Waals surface area contributed by atoms with Gasteiger partial charge < -0.3 is 19.7 Å². The van der Waals surface area contributed by atoms with Gasteiger partial charge in [-0.05, 0) is 88.5 Å². The van der Waals surface area contributed by atoms with Crippen LogP contribution in [0.2, 0.25) is 0 Å². The standard InChI is InChI=1S/C36H50O6/c1-8-9-10-11-28-12-14-29(15-13-28)16-17-30-18-20-31(21-19-30)22-23-32(24-41-33(37)26(2)35(4,5)39)25-42-34(38)27(3)36(6,7)40/h12-15,18-21,32,39-40H,2-3,8-11,16-17,22-25H2,1,4-7H3. The van der Waals surface area contributed by atoms with Crippen LogP contribution in [0.15, 0.2) is 72.8 Å². The van der Waals surface area contributed by atoms with E-state index in [0.29, 0.717) is 12.8 Å². The van der Waals surface area contributed by atoms with E-state index < -0.39 is 23.1 Å². The second-order valence-electron chi connectivity index (χ2n) is 12.3. The first kappa shape index (κ1) is 35.0. The fourth-order valence-corrected chi connectivity index (χ4v) is 4.26. The first-order valence-corrected chi connectivity index (χ1v) is 15.0. The van der Waals surface area contributed by atoms with Crippen molar-refractivity contribution < 1.29 is 29.3 Å². The quantitative estimate of drug-likeness (QED) is 0.119. The number of esters is 2. The molecule has 0 bridgehead atoms. The molecule has 6 heteroatoms. The first-order chi connectivity index (χ1) is 19.7. The number of ether oxygens (including phenoxy) is 2. The number of hydrogen-bond donors (Lipinski definition) is 2. The lowest BCUT2D eigenvalue weighted by Gasteiger charge is -2.23. The first-order valence-electron chi connectivity index (χ1n) is 15.0. The summed E-state index contributed by atoms with van der Waals surface area (Å²) in [6.07, 6.45) is 8.13. The largest absolute Gasteiger partial charge is 0.462 e. The minimum atomic E-state index is -1.40. The predicted molar refractivity (Wildman–Crippen MR) is 168 cm³/mol. The van der Waals surface area contributed by atoms with Gasteiger partial charge in [0.15, 0.2) is 0 Å². The Morgan fingerprint density at radius 1 is 0.667 bits per heavy atom. The van der Waals surface area contributed by atoms with Gasteiger partial charge in [0.25, 0.3) is 0 Å². The number of hydrogen-bond acceptors (Lipinski definition) is 6. The minimum Gasteiger partial charge on any atom is -0.462 e. The second-order valence-corrected chi connectivity index (χ2v) is 12.3. The van der Waals surface area contributed by atoms with E-state index in [9.17, 15) is 19.8 Å². The van der Waals surface area contributed by atoms with Crippen molar-refractivity contribution in [1.29, 1.82) is 0 Å². The van der Waals surface area contributed by atoms with Crippen molar-refractivity contribution in [3.8, 4) is 0 Å². The van der Waals surface area contributed by atoms with Crippen molar-refractivity contribution in [2.24, 2.45) is 5.92 Å². The smallest absolute Gasteiger partial charge is 0.336 e. The normalized spacial score (nSPS) is 11.8. The van der Waals surface area contributed by atoms with Crippen LogP contribution in [0.4, 0.5) is 0 Å². The maximum atomic E-state index is 12.4. The lowest BCUT2D eigenvalue weighted by atomic mass is 9.97. The minimum absolute atomic E-state index is 0.00825. The summed E-state index contributed by atoms with van der Waals surface area (Å²) in [6, 6.07) is 17.5. The molecule has 0 aliphatic carbocycles. The number of carbonyl (C=O) groups excluding carboxylic acids is 2. The molecule has 0 aliphatic heterocycles. The van der Waals surface area contributed by atoms with Crippen LogP contribution >= 0.6 is 0 Å². The van der Waals surface area contributed by atoms with Crippen LogP contribution < -0.4 is 0 Å². The predicted octanol–water partition coefficient (Wildman–Crippen LogP) is 6.49. The molecular formula is C36H50O6. The molecule has 0 atom stereocenters. The molecular weight excluding hydrogens is 528 g/mol. The van der Waals surface area contributed by atoms with E-state index in [1.54, 1.807) is 0 Å². The zero-order valence-corrected chi connectivity index (χ0v) is 26.2. The SMILES string of the molecule is C=C(C(=O)OCC(CCc1ccc(CCc2ccc(CCCCC)cc2)cc1)COC(=O)C(=C)C(C)(C)O)C(C)(C)O. The summed E-state index contributed by atoms with van der Waals surface area (Å²) in [5, 5.41) is 20.1. The van der Waals surface area contributed by atoms with Crippen molar-refractivity contribution in [1.82, 2.24) is 0 Å². The lowest BCUT2D eigenvalue weighted by molar-refractivity contribution is -0.146. The third kappa shape index (κ3) is 12.3. The van der Waals surface area contributed by atoms with Gasteiger partial charge in [-0.3, -0.25) is 0 Å². The highest BCUT2D eigenvalue weighted by Gasteiger charge is 2.28. The maximum Gasteiger partial charge on any atom is 0.336 e. The number of unbranched alkanes of at least 4 members (excludes halogenated alkanes) is 2.